The first-order valence-corrected chi connectivity index (χ1v) is 8.47. The van der Waals surface area contributed by atoms with Gasteiger partial charge in [-0.25, -0.2) is 13.4 Å². The first kappa shape index (κ1) is 15.5. The van der Waals surface area contributed by atoms with Crippen LogP contribution in [0.5, 0.6) is 0 Å². The molecule has 110 valence electrons. The second kappa shape index (κ2) is 6.26. The Labute approximate surface area is 128 Å². The summed E-state index contributed by atoms with van der Waals surface area (Å²) in [6.07, 6.45) is 1.35. The van der Waals surface area contributed by atoms with Crippen LogP contribution in [0.25, 0.3) is 0 Å². The van der Waals surface area contributed by atoms with Gasteiger partial charge in [0.2, 0.25) is 0 Å². The van der Waals surface area contributed by atoms with Crippen LogP contribution in [0.2, 0.25) is 0 Å². The van der Waals surface area contributed by atoms with Crippen LogP contribution in [0.3, 0.4) is 0 Å². The molecule has 1 aromatic heterocycles. The van der Waals surface area contributed by atoms with E-state index in [0.29, 0.717) is 16.3 Å². The van der Waals surface area contributed by atoms with Crippen molar-refractivity contribution < 1.29 is 8.42 Å². The molecule has 0 aliphatic carbocycles. The van der Waals surface area contributed by atoms with Gasteiger partial charge in [-0.3, -0.25) is 4.72 Å². The van der Waals surface area contributed by atoms with Gasteiger partial charge in [0.1, 0.15) is 0 Å². The monoisotopic (exact) mass is 321 g/mol. The molecule has 2 rings (SSSR count). The average molecular weight is 321 g/mol. The fourth-order valence-corrected chi connectivity index (χ4v) is 3.84. The van der Waals surface area contributed by atoms with Crippen LogP contribution < -0.4 is 10.5 Å². The first-order valence-electron chi connectivity index (χ1n) is 6.17. The molecule has 0 saturated heterocycles. The Balaban J connectivity index is 2.41. The van der Waals surface area contributed by atoms with E-state index in [0.717, 1.165) is 16.9 Å². The molecule has 2 aromatic rings. The molecule has 0 radical (unpaired) electrons. The SMILES string of the molecule is Cc1ccc(C#CCN)c(NS(=O)(=O)c2cnc(C)s2)c1. The number of rotatable bonds is 3. The van der Waals surface area contributed by atoms with Gasteiger partial charge >= 0.3 is 0 Å². The van der Waals surface area contributed by atoms with E-state index in [-0.39, 0.29) is 10.8 Å². The third kappa shape index (κ3) is 3.82. The smallest absolute Gasteiger partial charge is 0.273 e. The minimum Gasteiger partial charge on any atom is -0.320 e. The number of anilines is 1. The quantitative estimate of drug-likeness (QED) is 0.845. The Bertz CT molecular complexity index is 814. The first-order chi connectivity index (χ1) is 9.92. The normalized spacial score (nSPS) is 10.8. The third-order valence-electron chi connectivity index (χ3n) is 2.61. The van der Waals surface area contributed by atoms with Crippen molar-refractivity contribution in [3.63, 3.8) is 0 Å². The number of hydrogen-bond acceptors (Lipinski definition) is 5. The summed E-state index contributed by atoms with van der Waals surface area (Å²) >= 11 is 1.12. The molecule has 0 bridgehead atoms. The van der Waals surface area contributed by atoms with Gasteiger partial charge in [0, 0.05) is 5.56 Å². The lowest BCUT2D eigenvalue weighted by molar-refractivity contribution is 0.603. The molecule has 1 aromatic carbocycles. The second-order valence-electron chi connectivity index (χ2n) is 4.36. The van der Waals surface area contributed by atoms with Gasteiger partial charge in [-0.15, -0.1) is 11.3 Å². The van der Waals surface area contributed by atoms with Gasteiger partial charge in [-0.1, -0.05) is 17.9 Å². The van der Waals surface area contributed by atoms with Crippen molar-refractivity contribution in [2.24, 2.45) is 5.73 Å². The summed E-state index contributed by atoms with van der Waals surface area (Å²) in [5.41, 5.74) is 7.33. The molecule has 0 amide bonds. The summed E-state index contributed by atoms with van der Waals surface area (Å²) in [4.78, 5) is 3.97. The van der Waals surface area contributed by atoms with Crippen molar-refractivity contribution in [3.8, 4) is 11.8 Å². The summed E-state index contributed by atoms with van der Waals surface area (Å²) < 4.78 is 27.4. The van der Waals surface area contributed by atoms with Crippen LogP contribution >= 0.6 is 11.3 Å². The van der Waals surface area contributed by atoms with Gasteiger partial charge in [0.25, 0.3) is 10.0 Å². The van der Waals surface area contributed by atoms with Gasteiger partial charge in [0.05, 0.1) is 23.4 Å². The molecule has 5 nitrogen and oxygen atoms in total. The topological polar surface area (TPSA) is 85.1 Å². The number of nitrogens with one attached hydrogen (secondary N) is 1. The van der Waals surface area contributed by atoms with Crippen LogP contribution in [0.4, 0.5) is 5.69 Å². The maximum Gasteiger partial charge on any atom is 0.273 e. The van der Waals surface area contributed by atoms with E-state index < -0.39 is 10.0 Å². The molecule has 0 aliphatic heterocycles. The van der Waals surface area contributed by atoms with E-state index in [1.807, 2.05) is 13.0 Å². The summed E-state index contributed by atoms with van der Waals surface area (Å²) in [5.74, 6) is 5.59. The van der Waals surface area contributed by atoms with E-state index in [2.05, 4.69) is 21.5 Å². The number of aryl methyl sites for hydroxylation is 2. The number of nitrogens with zero attached hydrogens (tertiary/aromatic N) is 1. The maximum absolute atomic E-state index is 12.3. The molecule has 0 aliphatic rings. The van der Waals surface area contributed by atoms with Crippen LogP contribution in [0.15, 0.2) is 28.6 Å². The molecule has 0 unspecified atom stereocenters. The zero-order valence-electron chi connectivity index (χ0n) is 11.7. The molecule has 0 atom stereocenters. The zero-order valence-corrected chi connectivity index (χ0v) is 13.3. The number of benzene rings is 1. The van der Waals surface area contributed by atoms with Crippen LogP contribution in [0.1, 0.15) is 16.1 Å². The highest BCUT2D eigenvalue weighted by molar-refractivity contribution is 7.94. The number of sulfonamides is 1. The molecule has 3 N–H and O–H groups in total. The van der Waals surface area contributed by atoms with Gasteiger partial charge < -0.3 is 5.73 Å². The van der Waals surface area contributed by atoms with Crippen molar-refractivity contribution in [2.45, 2.75) is 18.1 Å². The van der Waals surface area contributed by atoms with Crippen molar-refractivity contribution in [2.75, 3.05) is 11.3 Å². The van der Waals surface area contributed by atoms with E-state index in [9.17, 15) is 8.42 Å². The molecule has 0 saturated carbocycles. The number of thiazole rings is 1. The molecular formula is C14H15N3O2S2. The molecule has 7 heteroatoms. The Hall–Kier alpha value is -1.88. The van der Waals surface area contributed by atoms with Crippen LogP contribution in [-0.4, -0.2) is 19.9 Å². The van der Waals surface area contributed by atoms with E-state index in [1.54, 1.807) is 19.1 Å². The zero-order chi connectivity index (χ0) is 15.5. The van der Waals surface area contributed by atoms with Crippen molar-refractivity contribution >= 4 is 27.0 Å². The van der Waals surface area contributed by atoms with Crippen molar-refractivity contribution in [1.82, 2.24) is 4.98 Å². The standard InChI is InChI=1S/C14H15N3O2S2/c1-10-5-6-12(4-3-7-15)13(8-10)17-21(18,19)14-9-16-11(2)20-14/h5-6,8-9,17H,7,15H2,1-2H3. The highest BCUT2D eigenvalue weighted by Crippen LogP contribution is 2.24. The Morgan fingerprint density at radius 3 is 2.76 bits per heavy atom. The highest BCUT2D eigenvalue weighted by Gasteiger charge is 2.18. The Morgan fingerprint density at radius 2 is 2.14 bits per heavy atom. The van der Waals surface area contributed by atoms with E-state index in [1.165, 1.54) is 6.20 Å². The number of aromatic nitrogens is 1. The van der Waals surface area contributed by atoms with Gasteiger partial charge in [-0.2, -0.15) is 0 Å². The van der Waals surface area contributed by atoms with Crippen molar-refractivity contribution in [1.29, 1.82) is 0 Å². The number of nitrogens with two attached hydrogens (primary N) is 1. The second-order valence-corrected chi connectivity index (χ2v) is 7.50. The average Bonchev–Trinajstić information content (AvgIpc) is 2.85. The predicted molar refractivity (Wildman–Crippen MR) is 84.8 cm³/mol. The molecule has 0 fully saturated rings. The maximum atomic E-state index is 12.3. The third-order valence-corrected chi connectivity index (χ3v) is 5.35. The van der Waals surface area contributed by atoms with Gasteiger partial charge in [0.15, 0.2) is 4.21 Å². The lowest BCUT2D eigenvalue weighted by Crippen LogP contribution is -2.12. The van der Waals surface area contributed by atoms with E-state index >= 15 is 0 Å². The lowest BCUT2D eigenvalue weighted by atomic mass is 10.1. The Kier molecular flexibility index (Phi) is 4.63. The Morgan fingerprint density at radius 1 is 1.38 bits per heavy atom. The number of hydrogen-bond donors (Lipinski definition) is 2. The molecule has 1 heterocycles. The van der Waals surface area contributed by atoms with Crippen LogP contribution in [0, 0.1) is 25.7 Å². The van der Waals surface area contributed by atoms with Crippen LogP contribution in [-0.2, 0) is 10.0 Å². The fraction of sp³-hybridized carbons (Fsp3) is 0.214. The summed E-state index contributed by atoms with van der Waals surface area (Å²) in [5, 5.41) is 0.697. The largest absolute Gasteiger partial charge is 0.320 e. The van der Waals surface area contributed by atoms with Gasteiger partial charge in [-0.05, 0) is 31.5 Å². The van der Waals surface area contributed by atoms with E-state index in [4.69, 9.17) is 5.73 Å². The summed E-state index contributed by atoms with van der Waals surface area (Å²) in [7, 11) is -3.65. The predicted octanol–water partition coefficient (Wildman–Crippen LogP) is 1.87. The molecule has 0 spiro atoms. The molecular weight excluding hydrogens is 306 g/mol. The summed E-state index contributed by atoms with van der Waals surface area (Å²) in [6.45, 7) is 3.86. The molecule has 21 heavy (non-hydrogen) atoms. The minimum absolute atomic E-state index is 0.180. The minimum atomic E-state index is -3.65. The fourth-order valence-electron chi connectivity index (χ4n) is 1.66. The highest BCUT2D eigenvalue weighted by atomic mass is 32.2. The van der Waals surface area contributed by atoms with Crippen molar-refractivity contribution in [3.05, 3.63) is 40.5 Å². The summed E-state index contributed by atoms with van der Waals surface area (Å²) in [6, 6.07) is 5.38. The lowest BCUT2D eigenvalue weighted by Gasteiger charge is -2.09.